The second-order valence-corrected chi connectivity index (χ2v) is 2.77. The molecule has 0 aromatic carbocycles. The molecule has 2 rings (SSSR count). The third-order valence-electron chi connectivity index (χ3n) is 1.91. The van der Waals surface area contributed by atoms with Gasteiger partial charge in [-0.05, 0) is 18.8 Å². The van der Waals surface area contributed by atoms with Crippen molar-refractivity contribution in [2.45, 2.75) is 18.9 Å². The fraction of sp³-hybridized carbons (Fsp3) is 0.571. The van der Waals surface area contributed by atoms with Crippen LogP contribution in [0.3, 0.4) is 0 Å². The average molecular weight is 138 g/mol. The van der Waals surface area contributed by atoms with Crippen molar-refractivity contribution in [1.82, 2.24) is 4.98 Å². The number of nitrogens with zero attached hydrogens (tertiary/aromatic N) is 1. The van der Waals surface area contributed by atoms with Gasteiger partial charge in [0.2, 0.25) is 0 Å². The molecule has 1 heterocycles. The lowest BCUT2D eigenvalue weighted by Gasteiger charge is -2.03. The quantitative estimate of drug-likeness (QED) is 0.665. The van der Waals surface area contributed by atoms with Crippen LogP contribution in [0.1, 0.15) is 24.6 Å². The Bertz CT molecular complexity index is 203. The summed E-state index contributed by atoms with van der Waals surface area (Å²) in [6.45, 7) is 0. The molecular weight excluding hydrogens is 128 g/mol. The Labute approximate surface area is 59.2 Å². The van der Waals surface area contributed by atoms with E-state index in [2.05, 4.69) is 4.98 Å². The third kappa shape index (κ3) is 0.926. The van der Waals surface area contributed by atoms with Crippen molar-refractivity contribution < 1.29 is 4.42 Å². The van der Waals surface area contributed by atoms with E-state index in [-0.39, 0.29) is 6.04 Å². The molecule has 1 atom stereocenters. The molecule has 1 aliphatic rings. The van der Waals surface area contributed by atoms with Crippen LogP contribution < -0.4 is 5.73 Å². The van der Waals surface area contributed by atoms with Crippen molar-refractivity contribution in [1.29, 1.82) is 0 Å². The minimum Gasteiger partial charge on any atom is -0.447 e. The summed E-state index contributed by atoms with van der Waals surface area (Å²) in [6, 6.07) is 0.0856. The molecule has 10 heavy (non-hydrogen) atoms. The van der Waals surface area contributed by atoms with Gasteiger partial charge in [-0.2, -0.15) is 0 Å². The summed E-state index contributed by atoms with van der Waals surface area (Å²) in [6.07, 6.45) is 5.60. The zero-order chi connectivity index (χ0) is 6.97. The molecule has 0 saturated heterocycles. The van der Waals surface area contributed by atoms with Crippen LogP contribution in [-0.4, -0.2) is 4.98 Å². The monoisotopic (exact) mass is 138 g/mol. The van der Waals surface area contributed by atoms with Crippen molar-refractivity contribution in [3.05, 3.63) is 18.4 Å². The highest BCUT2D eigenvalue weighted by Gasteiger charge is 2.31. The second-order valence-electron chi connectivity index (χ2n) is 2.77. The molecule has 3 nitrogen and oxygen atoms in total. The van der Waals surface area contributed by atoms with E-state index in [9.17, 15) is 0 Å². The molecule has 0 amide bonds. The van der Waals surface area contributed by atoms with Gasteiger partial charge in [-0.25, -0.2) is 4.98 Å². The summed E-state index contributed by atoms with van der Waals surface area (Å²) < 4.78 is 5.06. The van der Waals surface area contributed by atoms with Crippen molar-refractivity contribution in [2.24, 2.45) is 11.7 Å². The van der Waals surface area contributed by atoms with Crippen molar-refractivity contribution in [3.8, 4) is 0 Å². The van der Waals surface area contributed by atoms with Gasteiger partial charge in [0.15, 0.2) is 6.39 Å². The highest BCUT2D eigenvalue weighted by Crippen LogP contribution is 2.39. The highest BCUT2D eigenvalue weighted by molar-refractivity contribution is 5.02. The van der Waals surface area contributed by atoms with Gasteiger partial charge in [0.25, 0.3) is 0 Å². The van der Waals surface area contributed by atoms with Crippen molar-refractivity contribution >= 4 is 0 Å². The minimum absolute atomic E-state index is 0.0856. The van der Waals surface area contributed by atoms with Crippen LogP contribution in [0.2, 0.25) is 0 Å². The van der Waals surface area contributed by atoms with Gasteiger partial charge in [-0.15, -0.1) is 0 Å². The molecule has 54 valence electrons. The maximum absolute atomic E-state index is 5.81. The SMILES string of the molecule is NC(c1cnco1)C1CC1. The summed E-state index contributed by atoms with van der Waals surface area (Å²) in [4.78, 5) is 3.81. The number of oxazole rings is 1. The first kappa shape index (κ1) is 5.92. The number of nitrogens with two attached hydrogens (primary N) is 1. The Balaban J connectivity index is 2.11. The van der Waals surface area contributed by atoms with E-state index in [4.69, 9.17) is 10.2 Å². The molecular formula is C7H10N2O. The lowest BCUT2D eigenvalue weighted by Crippen LogP contribution is -2.10. The summed E-state index contributed by atoms with van der Waals surface area (Å²) >= 11 is 0. The van der Waals surface area contributed by atoms with E-state index in [0.717, 1.165) is 5.76 Å². The van der Waals surface area contributed by atoms with Crippen LogP contribution in [0.15, 0.2) is 17.0 Å². The summed E-state index contributed by atoms with van der Waals surface area (Å²) in [5.74, 6) is 1.47. The van der Waals surface area contributed by atoms with Gasteiger partial charge in [-0.1, -0.05) is 0 Å². The van der Waals surface area contributed by atoms with Gasteiger partial charge in [0, 0.05) is 0 Å². The molecule has 1 aliphatic carbocycles. The Morgan fingerprint density at radius 3 is 3.00 bits per heavy atom. The maximum Gasteiger partial charge on any atom is 0.180 e. The second kappa shape index (κ2) is 2.09. The molecule has 3 heteroatoms. The van der Waals surface area contributed by atoms with Crippen LogP contribution in [-0.2, 0) is 0 Å². The Morgan fingerprint density at radius 2 is 2.50 bits per heavy atom. The first-order valence-electron chi connectivity index (χ1n) is 3.52. The standard InChI is InChI=1S/C7H10N2O/c8-7(5-1-2-5)6-3-9-4-10-6/h3-5,7H,1-2,8H2. The van der Waals surface area contributed by atoms with E-state index in [1.807, 2.05) is 0 Å². The molecule has 0 bridgehead atoms. The predicted molar refractivity (Wildman–Crippen MR) is 36.2 cm³/mol. The van der Waals surface area contributed by atoms with Crippen LogP contribution in [0.25, 0.3) is 0 Å². The van der Waals surface area contributed by atoms with Gasteiger partial charge in [-0.3, -0.25) is 0 Å². The highest BCUT2D eigenvalue weighted by atomic mass is 16.3. The van der Waals surface area contributed by atoms with E-state index < -0.39 is 0 Å². The molecule has 2 N–H and O–H groups in total. The minimum atomic E-state index is 0.0856. The van der Waals surface area contributed by atoms with Crippen LogP contribution in [0.5, 0.6) is 0 Å². The molecule has 1 aromatic heterocycles. The summed E-state index contributed by atoms with van der Waals surface area (Å²) in [7, 11) is 0. The molecule has 0 spiro atoms. The lowest BCUT2D eigenvalue weighted by molar-refractivity contribution is 0.440. The average Bonchev–Trinajstić information content (AvgIpc) is 2.65. The van der Waals surface area contributed by atoms with E-state index in [1.165, 1.54) is 19.2 Å². The van der Waals surface area contributed by atoms with Crippen LogP contribution in [0.4, 0.5) is 0 Å². The molecule has 1 fully saturated rings. The van der Waals surface area contributed by atoms with Gasteiger partial charge < -0.3 is 10.2 Å². The topological polar surface area (TPSA) is 52.0 Å². The Morgan fingerprint density at radius 1 is 1.70 bits per heavy atom. The first-order chi connectivity index (χ1) is 4.88. The number of aromatic nitrogens is 1. The van der Waals surface area contributed by atoms with Crippen molar-refractivity contribution in [2.75, 3.05) is 0 Å². The smallest absolute Gasteiger partial charge is 0.180 e. The van der Waals surface area contributed by atoms with Crippen molar-refractivity contribution in [3.63, 3.8) is 0 Å². The summed E-state index contributed by atoms with van der Waals surface area (Å²) in [5, 5.41) is 0. The molecule has 0 aliphatic heterocycles. The zero-order valence-corrected chi connectivity index (χ0v) is 5.66. The van der Waals surface area contributed by atoms with Gasteiger partial charge >= 0.3 is 0 Å². The normalized spacial score (nSPS) is 20.9. The van der Waals surface area contributed by atoms with E-state index in [1.54, 1.807) is 6.20 Å². The number of hydrogen-bond donors (Lipinski definition) is 1. The lowest BCUT2D eigenvalue weighted by atomic mass is 10.2. The van der Waals surface area contributed by atoms with E-state index >= 15 is 0 Å². The zero-order valence-electron chi connectivity index (χ0n) is 5.66. The van der Waals surface area contributed by atoms with E-state index in [0.29, 0.717) is 5.92 Å². The molecule has 1 saturated carbocycles. The predicted octanol–water partition coefficient (Wildman–Crippen LogP) is 1.08. The maximum atomic E-state index is 5.81. The molecule has 1 unspecified atom stereocenters. The van der Waals surface area contributed by atoms with Crippen LogP contribution in [0, 0.1) is 5.92 Å². The molecule has 1 aromatic rings. The molecule has 0 radical (unpaired) electrons. The third-order valence-corrected chi connectivity index (χ3v) is 1.91. The number of hydrogen-bond acceptors (Lipinski definition) is 3. The largest absolute Gasteiger partial charge is 0.447 e. The van der Waals surface area contributed by atoms with Gasteiger partial charge in [0.1, 0.15) is 5.76 Å². The summed E-state index contributed by atoms with van der Waals surface area (Å²) in [5.41, 5.74) is 5.81. The Hall–Kier alpha value is -0.830. The van der Waals surface area contributed by atoms with Crippen LogP contribution >= 0.6 is 0 Å². The van der Waals surface area contributed by atoms with Gasteiger partial charge in [0.05, 0.1) is 12.2 Å². The Kier molecular flexibility index (Phi) is 1.24. The number of rotatable bonds is 2. The fourth-order valence-corrected chi connectivity index (χ4v) is 1.08. The first-order valence-corrected chi connectivity index (χ1v) is 3.52. The fourth-order valence-electron chi connectivity index (χ4n) is 1.08.